The van der Waals surface area contributed by atoms with Gasteiger partial charge in [-0.15, -0.1) is 0 Å². The van der Waals surface area contributed by atoms with E-state index in [4.69, 9.17) is 9.47 Å². The monoisotopic (exact) mass is 398 g/mol. The minimum absolute atomic E-state index is 0.275. The zero-order valence-corrected chi connectivity index (χ0v) is 17.3. The third kappa shape index (κ3) is 9.25. The molecule has 0 saturated carbocycles. The van der Waals surface area contributed by atoms with E-state index in [1.807, 2.05) is 60.7 Å². The average molecular weight is 399 g/mol. The molecule has 0 spiro atoms. The van der Waals surface area contributed by atoms with E-state index in [-0.39, 0.29) is 5.91 Å². The lowest BCUT2D eigenvalue weighted by molar-refractivity contribution is -0.123. The number of carbonyl (C=O) groups excluding carboxylic acids is 2. The molecular formula is C23H30N2O4. The highest BCUT2D eigenvalue weighted by molar-refractivity contribution is 5.85. The molecule has 0 fully saturated rings. The van der Waals surface area contributed by atoms with Crippen molar-refractivity contribution in [2.45, 2.75) is 52.0 Å². The van der Waals surface area contributed by atoms with Crippen LogP contribution in [0.15, 0.2) is 60.7 Å². The van der Waals surface area contributed by atoms with Gasteiger partial charge in [0.2, 0.25) is 5.91 Å². The Morgan fingerprint density at radius 2 is 1.52 bits per heavy atom. The van der Waals surface area contributed by atoms with Crippen molar-refractivity contribution in [3.63, 3.8) is 0 Å². The first kappa shape index (κ1) is 22.4. The summed E-state index contributed by atoms with van der Waals surface area (Å²) < 4.78 is 11.0. The van der Waals surface area contributed by atoms with E-state index in [1.165, 1.54) is 0 Å². The Kier molecular flexibility index (Phi) is 8.68. The van der Waals surface area contributed by atoms with E-state index in [9.17, 15) is 9.59 Å². The van der Waals surface area contributed by atoms with Crippen molar-refractivity contribution in [3.05, 3.63) is 71.8 Å². The van der Waals surface area contributed by atoms with Crippen LogP contribution in [0.3, 0.4) is 0 Å². The van der Waals surface area contributed by atoms with E-state index < -0.39 is 17.7 Å². The van der Waals surface area contributed by atoms with Crippen molar-refractivity contribution in [2.75, 3.05) is 6.61 Å². The molecule has 0 bridgehead atoms. The quantitative estimate of drug-likeness (QED) is 0.630. The smallest absolute Gasteiger partial charge is 0.408 e. The van der Waals surface area contributed by atoms with Crippen LogP contribution in [0.4, 0.5) is 4.79 Å². The maximum atomic E-state index is 12.6. The van der Waals surface area contributed by atoms with Gasteiger partial charge in [-0.2, -0.15) is 0 Å². The Morgan fingerprint density at radius 3 is 2.10 bits per heavy atom. The van der Waals surface area contributed by atoms with Gasteiger partial charge in [-0.1, -0.05) is 60.7 Å². The number of nitrogens with one attached hydrogen (secondary N) is 2. The second-order valence-corrected chi connectivity index (χ2v) is 7.73. The molecule has 0 saturated heterocycles. The third-order valence-electron chi connectivity index (χ3n) is 3.98. The Balaban J connectivity index is 1.88. The highest BCUT2D eigenvalue weighted by Gasteiger charge is 2.24. The first-order valence-corrected chi connectivity index (χ1v) is 9.76. The molecule has 6 nitrogen and oxygen atoms in total. The zero-order valence-electron chi connectivity index (χ0n) is 17.3. The van der Waals surface area contributed by atoms with Gasteiger partial charge in [0.1, 0.15) is 11.6 Å². The normalized spacial score (nSPS) is 12.1. The molecule has 0 heterocycles. The summed E-state index contributed by atoms with van der Waals surface area (Å²) in [4.78, 5) is 24.8. The van der Waals surface area contributed by atoms with Gasteiger partial charge in [-0.25, -0.2) is 4.79 Å². The van der Waals surface area contributed by atoms with Gasteiger partial charge < -0.3 is 20.1 Å². The molecule has 0 aliphatic carbocycles. The van der Waals surface area contributed by atoms with Gasteiger partial charge in [0.05, 0.1) is 6.61 Å². The summed E-state index contributed by atoms with van der Waals surface area (Å²) in [5.41, 5.74) is 1.40. The number of carbonyl (C=O) groups is 2. The second kappa shape index (κ2) is 11.2. The van der Waals surface area contributed by atoms with Gasteiger partial charge in [0.15, 0.2) is 0 Å². The minimum Gasteiger partial charge on any atom is -0.444 e. The van der Waals surface area contributed by atoms with Crippen LogP contribution in [-0.4, -0.2) is 30.3 Å². The predicted octanol–water partition coefficient (Wildman–Crippen LogP) is 3.80. The molecule has 2 N–H and O–H groups in total. The van der Waals surface area contributed by atoms with Crippen molar-refractivity contribution < 1.29 is 19.1 Å². The van der Waals surface area contributed by atoms with Crippen LogP contribution in [0.25, 0.3) is 0 Å². The summed E-state index contributed by atoms with van der Waals surface area (Å²) in [5, 5.41) is 5.52. The second-order valence-electron chi connectivity index (χ2n) is 7.73. The number of hydrogen-bond donors (Lipinski definition) is 2. The van der Waals surface area contributed by atoms with Gasteiger partial charge in [-0.3, -0.25) is 4.79 Å². The highest BCUT2D eigenvalue weighted by Crippen LogP contribution is 2.08. The standard InChI is InChI=1S/C23H30N2O4/c1-23(2,3)29-22(27)25-20(14-15-28-17-19-12-8-5-9-13-19)21(26)24-16-18-10-6-4-7-11-18/h4-13,20H,14-17H2,1-3H3,(H,24,26)(H,25,27). The fourth-order valence-electron chi connectivity index (χ4n) is 2.59. The van der Waals surface area contributed by atoms with Gasteiger partial charge in [0.25, 0.3) is 0 Å². The first-order chi connectivity index (χ1) is 13.8. The molecule has 0 aliphatic rings. The number of hydrogen-bond acceptors (Lipinski definition) is 4. The fourth-order valence-corrected chi connectivity index (χ4v) is 2.59. The summed E-state index contributed by atoms with van der Waals surface area (Å²) in [6, 6.07) is 18.6. The third-order valence-corrected chi connectivity index (χ3v) is 3.98. The lowest BCUT2D eigenvalue weighted by Crippen LogP contribution is -2.48. The Bertz CT molecular complexity index is 757. The summed E-state index contributed by atoms with van der Waals surface area (Å²) in [6.45, 7) is 6.50. The molecule has 0 aromatic heterocycles. The molecule has 1 unspecified atom stereocenters. The number of rotatable bonds is 9. The molecular weight excluding hydrogens is 368 g/mol. The molecule has 2 rings (SSSR count). The Labute approximate surface area is 172 Å². The number of amides is 2. The largest absolute Gasteiger partial charge is 0.444 e. The van der Waals surface area contributed by atoms with E-state index >= 15 is 0 Å². The van der Waals surface area contributed by atoms with Crippen molar-refractivity contribution in [3.8, 4) is 0 Å². The molecule has 29 heavy (non-hydrogen) atoms. The molecule has 2 aromatic carbocycles. The summed E-state index contributed by atoms with van der Waals surface area (Å²) in [7, 11) is 0. The van der Waals surface area contributed by atoms with Crippen LogP contribution in [0.5, 0.6) is 0 Å². The number of benzene rings is 2. The van der Waals surface area contributed by atoms with Crippen LogP contribution >= 0.6 is 0 Å². The highest BCUT2D eigenvalue weighted by atomic mass is 16.6. The van der Waals surface area contributed by atoms with Gasteiger partial charge in [-0.05, 0) is 31.9 Å². The van der Waals surface area contributed by atoms with Crippen LogP contribution in [-0.2, 0) is 27.4 Å². The summed E-state index contributed by atoms with van der Waals surface area (Å²) in [5.74, 6) is -0.275. The van der Waals surface area contributed by atoms with E-state index in [1.54, 1.807) is 20.8 Å². The van der Waals surface area contributed by atoms with Crippen LogP contribution in [0.2, 0.25) is 0 Å². The van der Waals surface area contributed by atoms with Gasteiger partial charge >= 0.3 is 6.09 Å². The van der Waals surface area contributed by atoms with Crippen LogP contribution < -0.4 is 10.6 Å². The van der Waals surface area contributed by atoms with Crippen molar-refractivity contribution in [1.29, 1.82) is 0 Å². The molecule has 2 aromatic rings. The number of ether oxygens (including phenoxy) is 2. The minimum atomic E-state index is -0.746. The average Bonchev–Trinajstić information content (AvgIpc) is 2.68. The van der Waals surface area contributed by atoms with E-state index in [0.29, 0.717) is 26.2 Å². The van der Waals surface area contributed by atoms with Crippen molar-refractivity contribution in [1.82, 2.24) is 10.6 Å². The van der Waals surface area contributed by atoms with E-state index in [2.05, 4.69) is 10.6 Å². The molecule has 0 radical (unpaired) electrons. The fraction of sp³-hybridized carbons (Fsp3) is 0.391. The lowest BCUT2D eigenvalue weighted by atomic mass is 10.1. The summed E-state index contributed by atoms with van der Waals surface area (Å²) in [6.07, 6.45) is -0.285. The molecule has 0 aliphatic heterocycles. The Morgan fingerprint density at radius 1 is 0.931 bits per heavy atom. The van der Waals surface area contributed by atoms with Crippen LogP contribution in [0.1, 0.15) is 38.3 Å². The maximum absolute atomic E-state index is 12.6. The number of alkyl carbamates (subject to hydrolysis) is 1. The molecule has 6 heteroatoms. The zero-order chi connectivity index (χ0) is 21.1. The van der Waals surface area contributed by atoms with Crippen LogP contribution in [0, 0.1) is 0 Å². The Hall–Kier alpha value is -2.86. The van der Waals surface area contributed by atoms with Crippen molar-refractivity contribution >= 4 is 12.0 Å². The van der Waals surface area contributed by atoms with E-state index in [0.717, 1.165) is 11.1 Å². The maximum Gasteiger partial charge on any atom is 0.408 e. The molecule has 1 atom stereocenters. The molecule has 156 valence electrons. The SMILES string of the molecule is CC(C)(C)OC(=O)NC(CCOCc1ccccc1)C(=O)NCc1ccccc1. The first-order valence-electron chi connectivity index (χ1n) is 9.76. The molecule has 2 amide bonds. The lowest BCUT2D eigenvalue weighted by Gasteiger charge is -2.23. The van der Waals surface area contributed by atoms with Crippen molar-refractivity contribution in [2.24, 2.45) is 0 Å². The topological polar surface area (TPSA) is 76.7 Å². The summed E-state index contributed by atoms with van der Waals surface area (Å²) >= 11 is 0. The predicted molar refractivity (Wildman–Crippen MR) is 112 cm³/mol. The van der Waals surface area contributed by atoms with Gasteiger partial charge in [0, 0.05) is 19.6 Å².